The van der Waals surface area contributed by atoms with Crippen LogP contribution in [0.1, 0.15) is 65.7 Å². The van der Waals surface area contributed by atoms with Gasteiger partial charge in [-0.3, -0.25) is 29.6 Å². The number of azo groups is 3. The van der Waals surface area contributed by atoms with Crippen LogP contribution in [0.2, 0.25) is 0 Å². The number of aliphatic hydroxyl groups is 1. The maximum atomic E-state index is 12.8. The molecule has 34 nitrogen and oxygen atoms in total. The van der Waals surface area contributed by atoms with Gasteiger partial charge in [-0.2, -0.15) is 20.5 Å². The number of esters is 4. The summed E-state index contributed by atoms with van der Waals surface area (Å²) < 4.78 is 63.0. The molecule has 0 aliphatic heterocycles. The molecule has 630 valence electrons. The molecule has 12 aromatic rings. The number of aliphatic hydroxyl groups excluding tert-OH is 1. The van der Waals surface area contributed by atoms with Crippen molar-refractivity contribution in [2.45, 2.75) is 43.7 Å². The lowest BCUT2D eigenvalue weighted by molar-refractivity contribution is -0.385. The molecule has 0 unspecified atom stereocenters. The number of aromatic nitrogens is 6. The van der Waals surface area contributed by atoms with Gasteiger partial charge in [0.25, 0.3) is 11.4 Å². The van der Waals surface area contributed by atoms with E-state index in [1.807, 2.05) is 34.3 Å². The number of benzene rings is 10. The van der Waals surface area contributed by atoms with E-state index >= 15 is 0 Å². The van der Waals surface area contributed by atoms with E-state index in [0.717, 1.165) is 17.1 Å². The van der Waals surface area contributed by atoms with Crippen molar-refractivity contribution in [1.29, 1.82) is 0 Å². The van der Waals surface area contributed by atoms with E-state index in [-0.39, 0.29) is 105 Å². The quantitative estimate of drug-likeness (QED) is 0.00924. The van der Waals surface area contributed by atoms with Crippen molar-refractivity contribution in [3.63, 3.8) is 0 Å². The fourth-order valence-electron chi connectivity index (χ4n) is 12.3. The van der Waals surface area contributed by atoms with Crippen molar-refractivity contribution in [2.75, 3.05) is 106 Å². The van der Waals surface area contributed by atoms with E-state index < -0.39 is 55.9 Å². The van der Waals surface area contributed by atoms with Crippen LogP contribution in [0.5, 0.6) is 11.5 Å². The number of ether oxygens (including phenoxy) is 6. The number of hydrogen-bond donors (Lipinski definition) is 1. The molecular weight excluding hydrogens is 1600 g/mol. The maximum absolute atomic E-state index is 12.8. The van der Waals surface area contributed by atoms with Gasteiger partial charge < -0.3 is 48.2 Å². The highest BCUT2D eigenvalue weighted by Crippen LogP contribution is 2.36. The predicted molar refractivity (Wildman–Crippen MR) is 455 cm³/mol. The Balaban J connectivity index is 0.651. The molecule has 12 rings (SSSR count). The summed E-state index contributed by atoms with van der Waals surface area (Å²) >= 11 is 0. The van der Waals surface area contributed by atoms with Crippen molar-refractivity contribution in [2.24, 2.45) is 30.7 Å². The second-order valence-corrected chi connectivity index (χ2v) is 29.4. The molecule has 1 N–H and O–H groups in total. The van der Waals surface area contributed by atoms with E-state index in [9.17, 15) is 52.9 Å². The number of anilines is 3. The molecule has 35 heteroatoms. The summed E-state index contributed by atoms with van der Waals surface area (Å²) in [6.07, 6.45) is 5.43. The normalized spacial score (nSPS) is 11.4. The third-order valence-corrected chi connectivity index (χ3v) is 20.5. The number of rotatable bonds is 46. The van der Waals surface area contributed by atoms with Crippen LogP contribution in [0.15, 0.2) is 303 Å². The van der Waals surface area contributed by atoms with Crippen molar-refractivity contribution < 1.29 is 71.0 Å². The van der Waals surface area contributed by atoms with Gasteiger partial charge in [-0.25, -0.2) is 27.6 Å². The summed E-state index contributed by atoms with van der Waals surface area (Å²) in [5.74, 6) is -2.03. The fraction of sp³-hybridized carbons (Fsp3) is 0.227. The molecule has 0 amide bonds. The van der Waals surface area contributed by atoms with Crippen LogP contribution in [0.4, 0.5) is 62.6 Å². The average molecular weight is 1680 g/mol. The number of nitro benzene ring substituents is 2. The van der Waals surface area contributed by atoms with Gasteiger partial charge in [-0.15, -0.1) is 20.4 Å². The number of non-ortho nitro benzene ring substituents is 2. The Labute approximate surface area is 706 Å². The largest absolute Gasteiger partial charge is 0.491 e. The Bertz CT molecular complexity index is 5300. The molecule has 0 saturated heterocycles. The van der Waals surface area contributed by atoms with Crippen LogP contribution in [0.3, 0.4) is 0 Å². The van der Waals surface area contributed by atoms with Crippen LogP contribution in [-0.2, 0) is 54.7 Å². The number of carbonyl (C=O) groups is 4. The highest BCUT2D eigenvalue weighted by Gasteiger charge is 2.21. The molecule has 0 spiro atoms. The SMILES string of the molecule is O=C(OCCN(CCOC(=O)c1ccccc1)c1ccc(N=Nc2ccc([N+](=O)[O-])cc2OCCCc2cn(CCN(CCn3cc(CCCOc4cc([N+](=O)[O-])ccc4N=Nc4ccc(N(CCOC(=O)c5ccccc5)CCOC(=O)c5ccccc5)cc4)nn3)c3ccc(N=Nc4ccc(S(=O)(=O)CCO)cc4)cc3)nn2)cc1)c1ccccc1. The number of sulfone groups is 1. The zero-order valence-corrected chi connectivity index (χ0v) is 67.4. The minimum atomic E-state index is -3.66. The van der Waals surface area contributed by atoms with Crippen LogP contribution in [-0.4, -0.2) is 169 Å². The molecule has 123 heavy (non-hydrogen) atoms. The molecular formula is C88H85N17O17S. The summed E-state index contributed by atoms with van der Waals surface area (Å²) in [5.41, 5.74) is 7.17. The Morgan fingerprint density at radius 1 is 0.390 bits per heavy atom. The van der Waals surface area contributed by atoms with E-state index in [4.69, 9.17) is 28.4 Å². The van der Waals surface area contributed by atoms with Crippen molar-refractivity contribution >= 4 is 96.3 Å². The Morgan fingerprint density at radius 3 is 1.02 bits per heavy atom. The molecule has 2 heterocycles. The Hall–Kier alpha value is -15.1. The lowest BCUT2D eigenvalue weighted by Crippen LogP contribution is -2.32. The maximum Gasteiger partial charge on any atom is 0.338 e. The molecule has 10 aromatic carbocycles. The van der Waals surface area contributed by atoms with Crippen molar-refractivity contribution in [1.82, 2.24) is 30.0 Å². The minimum Gasteiger partial charge on any atom is -0.491 e. The standard InChI is InChI=1S/C88H85N17O17S/c106-53-60-123(115,116)80-41-31-72(32-42-80)90-89-69-25-33-75(34-26-69)99(45-47-102-63-73(93-97-102)23-13-54-117-83-61-78(104(111)112)39-43-81(83)95-91-70-27-35-76(36-28-70)100(49-56-119-85(107)65-15-5-1-6-16-65)50-57-120-86(108)66-17-7-2-8-18-66)46-48-103-64-74(94-98-103)24-14-55-118-84-62-79(105(113)114)40-44-82(84)96-92-71-29-37-77(38-30-71)101(51-58-121-87(109)67-19-9-3-10-20-67)52-59-122-88(110)68-21-11-4-12-22-68/h1-12,15-22,25-44,61-64,106H,13-14,23-24,45-60H2. The van der Waals surface area contributed by atoms with Gasteiger partial charge in [0, 0.05) is 54.7 Å². The second kappa shape index (κ2) is 44.6. The lowest BCUT2D eigenvalue weighted by Gasteiger charge is -2.24. The van der Waals surface area contributed by atoms with Gasteiger partial charge in [-0.1, -0.05) is 83.2 Å². The van der Waals surface area contributed by atoms with Gasteiger partial charge in [0.05, 0.1) is 148 Å². The first-order chi connectivity index (χ1) is 59.9. The van der Waals surface area contributed by atoms with Crippen LogP contribution in [0.25, 0.3) is 0 Å². The van der Waals surface area contributed by atoms with E-state index in [1.165, 1.54) is 60.7 Å². The summed E-state index contributed by atoms with van der Waals surface area (Å²) in [6.45, 7) is 2.70. The number of nitrogens with zero attached hydrogens (tertiary/aromatic N) is 17. The van der Waals surface area contributed by atoms with Gasteiger partial charge in [-0.05, 0) is 183 Å². The summed E-state index contributed by atoms with van der Waals surface area (Å²) in [5, 5.41) is 77.3. The Morgan fingerprint density at radius 2 is 0.699 bits per heavy atom. The molecule has 0 radical (unpaired) electrons. The van der Waals surface area contributed by atoms with Gasteiger partial charge in [0.2, 0.25) is 0 Å². The molecule has 0 fully saturated rings. The number of carbonyl (C=O) groups excluding carboxylic acids is 4. The van der Waals surface area contributed by atoms with Gasteiger partial charge in [0.1, 0.15) is 37.8 Å². The molecule has 0 aliphatic carbocycles. The number of aryl methyl sites for hydroxylation is 2. The van der Waals surface area contributed by atoms with Crippen LogP contribution < -0.4 is 24.2 Å². The molecule has 0 bridgehead atoms. The highest BCUT2D eigenvalue weighted by molar-refractivity contribution is 7.91. The topological polar surface area (TPSA) is 410 Å². The van der Waals surface area contributed by atoms with Gasteiger partial charge in [0.15, 0.2) is 21.3 Å². The number of hydrogen-bond acceptors (Lipinski definition) is 30. The first-order valence-corrected chi connectivity index (χ1v) is 40.8. The Kier molecular flexibility index (Phi) is 31.6. The summed E-state index contributed by atoms with van der Waals surface area (Å²) in [6, 6.07) is 70.0. The summed E-state index contributed by atoms with van der Waals surface area (Å²) in [7, 11) is -3.66. The number of nitro groups is 2. The van der Waals surface area contributed by atoms with Crippen molar-refractivity contribution in [3.05, 3.63) is 321 Å². The summed E-state index contributed by atoms with van der Waals surface area (Å²) in [4.78, 5) is 80.0. The van der Waals surface area contributed by atoms with E-state index in [1.54, 1.807) is 191 Å². The highest BCUT2D eigenvalue weighted by atomic mass is 32.2. The van der Waals surface area contributed by atoms with E-state index in [2.05, 4.69) is 56.2 Å². The minimum absolute atomic E-state index is 0.0410. The zero-order valence-electron chi connectivity index (χ0n) is 66.5. The smallest absolute Gasteiger partial charge is 0.338 e. The zero-order chi connectivity index (χ0) is 86.0. The fourth-order valence-corrected chi connectivity index (χ4v) is 13.3. The van der Waals surface area contributed by atoms with E-state index in [0.29, 0.717) is 108 Å². The third kappa shape index (κ3) is 26.7. The first kappa shape index (κ1) is 87.2. The van der Waals surface area contributed by atoms with Crippen LogP contribution in [0, 0.1) is 20.2 Å². The molecule has 0 saturated carbocycles. The third-order valence-electron chi connectivity index (χ3n) is 18.8. The second-order valence-electron chi connectivity index (χ2n) is 27.3. The predicted octanol–water partition coefficient (Wildman–Crippen LogP) is 16.0. The molecule has 0 aliphatic rings. The van der Waals surface area contributed by atoms with Crippen LogP contribution >= 0.6 is 0 Å². The molecule has 0 atom stereocenters. The lowest BCUT2D eigenvalue weighted by atomic mass is 10.2. The van der Waals surface area contributed by atoms with Crippen molar-refractivity contribution in [3.8, 4) is 11.5 Å². The first-order valence-electron chi connectivity index (χ1n) is 39.2. The monoisotopic (exact) mass is 1680 g/mol. The average Bonchev–Trinajstić information content (AvgIpc) is 0.956. The molecule has 2 aromatic heterocycles. The van der Waals surface area contributed by atoms with Gasteiger partial charge >= 0.3 is 23.9 Å².